The average Bonchev–Trinajstić information content (AvgIpc) is 3.03. The third-order valence-corrected chi connectivity index (χ3v) is 7.40. The largest absolute Gasteiger partial charge is 0.368 e. The molecular formula is C27H31N9. The van der Waals surface area contributed by atoms with Crippen LogP contribution in [-0.4, -0.2) is 55.0 Å². The highest BCUT2D eigenvalue weighted by molar-refractivity contribution is 5.67. The molecule has 2 aliphatic carbocycles. The molecule has 2 aliphatic rings. The predicted octanol–water partition coefficient (Wildman–Crippen LogP) is 3.74. The molecule has 0 saturated heterocycles. The van der Waals surface area contributed by atoms with Crippen molar-refractivity contribution in [2.45, 2.75) is 51.0 Å². The van der Waals surface area contributed by atoms with E-state index in [9.17, 15) is 0 Å². The number of aromatic nitrogens is 6. The Hall–Kier alpha value is -3.85. The first-order valence-electron chi connectivity index (χ1n) is 12.6. The molecule has 0 bridgehead atoms. The van der Waals surface area contributed by atoms with E-state index in [-0.39, 0.29) is 5.95 Å². The van der Waals surface area contributed by atoms with Crippen molar-refractivity contribution in [3.05, 3.63) is 65.0 Å². The minimum Gasteiger partial charge on any atom is -0.368 e. The third kappa shape index (κ3) is 4.30. The lowest BCUT2D eigenvalue weighted by Crippen LogP contribution is -2.27. The van der Waals surface area contributed by atoms with Crippen LogP contribution in [0.1, 0.15) is 41.6 Å². The van der Waals surface area contributed by atoms with Crippen molar-refractivity contribution in [1.29, 1.82) is 0 Å². The lowest BCUT2D eigenvalue weighted by molar-refractivity contribution is 0.269. The number of fused-ring (bicyclic) bond motifs is 4. The molecule has 9 nitrogen and oxygen atoms in total. The molecular weight excluding hydrogens is 450 g/mol. The highest BCUT2D eigenvalue weighted by Gasteiger charge is 2.21. The van der Waals surface area contributed by atoms with Gasteiger partial charge in [-0.3, -0.25) is 4.98 Å². The summed E-state index contributed by atoms with van der Waals surface area (Å²) in [5, 5.41) is 16.9. The van der Waals surface area contributed by atoms with E-state index in [1.165, 1.54) is 24.0 Å². The van der Waals surface area contributed by atoms with Gasteiger partial charge in [-0.05, 0) is 106 Å². The molecule has 1 atom stereocenters. The van der Waals surface area contributed by atoms with Crippen molar-refractivity contribution < 1.29 is 0 Å². The van der Waals surface area contributed by atoms with Gasteiger partial charge in [0, 0.05) is 29.2 Å². The Morgan fingerprint density at radius 1 is 0.972 bits per heavy atom. The minimum absolute atomic E-state index is 0.269. The molecule has 184 valence electrons. The Labute approximate surface area is 210 Å². The fourth-order valence-corrected chi connectivity index (χ4v) is 5.40. The van der Waals surface area contributed by atoms with E-state index in [1.807, 2.05) is 18.3 Å². The molecule has 0 radical (unpaired) electrons. The number of pyridine rings is 1. The zero-order valence-corrected chi connectivity index (χ0v) is 20.8. The van der Waals surface area contributed by atoms with Crippen LogP contribution < -0.4 is 11.1 Å². The monoisotopic (exact) mass is 481 g/mol. The average molecular weight is 482 g/mol. The summed E-state index contributed by atoms with van der Waals surface area (Å²) < 4.78 is 1.55. The number of hydrogen-bond acceptors (Lipinski definition) is 8. The smallest absolute Gasteiger partial charge is 0.248 e. The number of hydrogen-bond donors (Lipinski definition) is 2. The van der Waals surface area contributed by atoms with Gasteiger partial charge in [0.05, 0.1) is 5.69 Å². The van der Waals surface area contributed by atoms with E-state index < -0.39 is 0 Å². The summed E-state index contributed by atoms with van der Waals surface area (Å²) in [7, 11) is 4.34. The fourth-order valence-electron chi connectivity index (χ4n) is 5.40. The Bertz CT molecular complexity index is 1410. The number of aryl methyl sites for hydroxylation is 4. The van der Waals surface area contributed by atoms with E-state index in [4.69, 9.17) is 5.73 Å². The molecule has 1 aromatic carbocycles. The third-order valence-electron chi connectivity index (χ3n) is 7.40. The second kappa shape index (κ2) is 9.31. The lowest BCUT2D eigenvalue weighted by Gasteiger charge is -2.21. The highest BCUT2D eigenvalue weighted by atomic mass is 15.4. The van der Waals surface area contributed by atoms with Gasteiger partial charge in [-0.15, -0.1) is 15.3 Å². The van der Waals surface area contributed by atoms with Crippen molar-refractivity contribution in [3.63, 3.8) is 0 Å². The summed E-state index contributed by atoms with van der Waals surface area (Å²) in [6, 6.07) is 13.2. The molecule has 0 amide bonds. The van der Waals surface area contributed by atoms with Gasteiger partial charge >= 0.3 is 0 Å². The highest BCUT2D eigenvalue weighted by Crippen LogP contribution is 2.31. The Balaban J connectivity index is 1.25. The molecule has 0 fully saturated rings. The van der Waals surface area contributed by atoms with Crippen LogP contribution in [0.5, 0.6) is 0 Å². The quantitative estimate of drug-likeness (QED) is 0.424. The molecule has 4 aromatic rings. The molecule has 3 heterocycles. The van der Waals surface area contributed by atoms with Crippen LogP contribution in [0.2, 0.25) is 0 Å². The molecule has 0 spiro atoms. The second-order valence-corrected chi connectivity index (χ2v) is 9.94. The first kappa shape index (κ1) is 22.6. The van der Waals surface area contributed by atoms with Crippen LogP contribution >= 0.6 is 0 Å². The molecule has 36 heavy (non-hydrogen) atoms. The first-order valence-corrected chi connectivity index (χ1v) is 12.6. The summed E-state index contributed by atoms with van der Waals surface area (Å²) in [6.45, 7) is 0. The number of nitrogens with two attached hydrogens (primary N) is 1. The summed E-state index contributed by atoms with van der Waals surface area (Å²) in [4.78, 5) is 11.3. The van der Waals surface area contributed by atoms with Crippen molar-refractivity contribution in [3.8, 4) is 17.1 Å². The summed E-state index contributed by atoms with van der Waals surface area (Å²) in [6.07, 6.45) is 9.21. The molecule has 3 aromatic heterocycles. The Morgan fingerprint density at radius 3 is 2.69 bits per heavy atom. The molecule has 0 aliphatic heterocycles. The van der Waals surface area contributed by atoms with E-state index in [2.05, 4.69) is 73.8 Å². The van der Waals surface area contributed by atoms with Crippen molar-refractivity contribution in [2.24, 2.45) is 0 Å². The molecule has 9 heteroatoms. The van der Waals surface area contributed by atoms with Gasteiger partial charge in [-0.2, -0.15) is 9.67 Å². The summed E-state index contributed by atoms with van der Waals surface area (Å²) in [5.41, 5.74) is 14.2. The Morgan fingerprint density at radius 2 is 1.83 bits per heavy atom. The zero-order valence-electron chi connectivity index (χ0n) is 20.8. The van der Waals surface area contributed by atoms with E-state index in [0.717, 1.165) is 60.3 Å². The van der Waals surface area contributed by atoms with Crippen LogP contribution in [0.3, 0.4) is 0 Å². The maximum atomic E-state index is 6.25. The van der Waals surface area contributed by atoms with Gasteiger partial charge in [0.1, 0.15) is 0 Å². The van der Waals surface area contributed by atoms with E-state index in [1.54, 1.807) is 4.68 Å². The predicted molar refractivity (Wildman–Crippen MR) is 140 cm³/mol. The van der Waals surface area contributed by atoms with Crippen LogP contribution in [0, 0.1) is 0 Å². The van der Waals surface area contributed by atoms with E-state index in [0.29, 0.717) is 17.8 Å². The van der Waals surface area contributed by atoms with Gasteiger partial charge in [0.2, 0.25) is 11.9 Å². The standard InChI is InChI=1S/C27H31N9/c1-35(2)21-12-9-17-8-11-20(15-18(17)10-13-21)30-27-31-26(28)36(34-27)24-16-19-5-3-7-23-22(6-4-14-29-23)25(19)33-32-24/h4,6,8,11,14-16,21H,3,5,7,9-10,12-13H2,1-2H3,(H3,28,30,31,34)/t21-/m1/s1. The Kier molecular flexibility index (Phi) is 5.85. The van der Waals surface area contributed by atoms with Crippen LogP contribution in [0.25, 0.3) is 17.1 Å². The fraction of sp³-hybridized carbons (Fsp3) is 0.370. The summed E-state index contributed by atoms with van der Waals surface area (Å²) >= 11 is 0. The second-order valence-electron chi connectivity index (χ2n) is 9.94. The topological polar surface area (TPSA) is 111 Å². The normalized spacial score (nSPS) is 17.0. The molecule has 6 rings (SSSR count). The maximum absolute atomic E-state index is 6.25. The molecule has 0 saturated carbocycles. The lowest BCUT2D eigenvalue weighted by atomic mass is 10.0. The number of nitrogens with one attached hydrogen (secondary N) is 1. The zero-order chi connectivity index (χ0) is 24.6. The summed E-state index contributed by atoms with van der Waals surface area (Å²) in [5.74, 6) is 1.28. The van der Waals surface area contributed by atoms with Crippen LogP contribution in [0.15, 0.2) is 42.6 Å². The van der Waals surface area contributed by atoms with Gasteiger partial charge in [0.15, 0.2) is 5.82 Å². The van der Waals surface area contributed by atoms with Crippen molar-refractivity contribution in [1.82, 2.24) is 34.8 Å². The van der Waals surface area contributed by atoms with Crippen LogP contribution in [-0.2, 0) is 25.7 Å². The SMILES string of the molecule is CN(C)[C@@H]1CCc2ccc(Nc3nc(N)n(-c4cc5c(nn4)-c4cccnc4CCC5)n3)cc2CC1. The van der Waals surface area contributed by atoms with Crippen LogP contribution in [0.4, 0.5) is 17.6 Å². The molecule has 3 N–H and O–H groups in total. The van der Waals surface area contributed by atoms with E-state index >= 15 is 0 Å². The number of rotatable bonds is 4. The number of benzene rings is 1. The maximum Gasteiger partial charge on any atom is 0.248 e. The van der Waals surface area contributed by atoms with Crippen molar-refractivity contribution in [2.75, 3.05) is 25.1 Å². The number of nitrogen functional groups attached to an aromatic ring is 1. The van der Waals surface area contributed by atoms with Gasteiger partial charge in [0.25, 0.3) is 0 Å². The number of anilines is 3. The number of nitrogens with zero attached hydrogens (tertiary/aromatic N) is 7. The molecule has 0 unspecified atom stereocenters. The van der Waals surface area contributed by atoms with Gasteiger partial charge < -0.3 is 16.0 Å². The first-order chi connectivity index (χ1) is 17.5. The van der Waals surface area contributed by atoms with Gasteiger partial charge in [-0.25, -0.2) is 0 Å². The van der Waals surface area contributed by atoms with Crippen molar-refractivity contribution >= 4 is 17.6 Å². The minimum atomic E-state index is 0.269. The van der Waals surface area contributed by atoms with Gasteiger partial charge in [-0.1, -0.05) is 6.07 Å².